The van der Waals surface area contributed by atoms with Gasteiger partial charge in [0.1, 0.15) is 16.3 Å². The average molecular weight is 448 g/mol. The molecule has 156 valence electrons. The van der Waals surface area contributed by atoms with Crippen molar-refractivity contribution in [3.8, 4) is 11.4 Å². The number of fused-ring (bicyclic) bond motifs is 1. The number of amides is 1. The number of methoxy groups -OCH3 is 1. The van der Waals surface area contributed by atoms with Crippen LogP contribution in [0.4, 0.5) is 5.69 Å². The van der Waals surface area contributed by atoms with Gasteiger partial charge >= 0.3 is 0 Å². The Kier molecular flexibility index (Phi) is 5.05. The van der Waals surface area contributed by atoms with E-state index >= 15 is 0 Å². The summed E-state index contributed by atoms with van der Waals surface area (Å²) in [5.74, 6) is -0.0745. The van der Waals surface area contributed by atoms with E-state index in [1.54, 1.807) is 36.1 Å². The third-order valence-electron chi connectivity index (χ3n) is 5.03. The van der Waals surface area contributed by atoms with Crippen LogP contribution in [0.3, 0.4) is 0 Å². The topological polar surface area (TPSA) is 102 Å². The molecule has 4 rings (SSSR count). The molecule has 0 fully saturated rings. The van der Waals surface area contributed by atoms with Crippen molar-refractivity contribution in [1.29, 1.82) is 0 Å². The van der Waals surface area contributed by atoms with E-state index in [1.807, 2.05) is 0 Å². The fourth-order valence-electron chi connectivity index (χ4n) is 3.58. The largest absolute Gasteiger partial charge is 0.497 e. The van der Waals surface area contributed by atoms with Crippen LogP contribution < -0.4 is 9.64 Å². The molecule has 2 aromatic carbocycles. The van der Waals surface area contributed by atoms with Crippen LogP contribution in [-0.4, -0.2) is 42.3 Å². The maximum absolute atomic E-state index is 13.4. The second-order valence-corrected chi connectivity index (χ2v) is 8.64. The van der Waals surface area contributed by atoms with E-state index in [0.717, 1.165) is 5.56 Å². The third-order valence-corrected chi connectivity index (χ3v) is 6.16. The molecule has 0 atom stereocenters. The summed E-state index contributed by atoms with van der Waals surface area (Å²) in [5.41, 5.74) is 2.34. The number of benzene rings is 2. The Morgan fingerprint density at radius 2 is 1.87 bits per heavy atom. The molecule has 1 aromatic heterocycles. The molecule has 0 saturated carbocycles. The molecule has 0 bridgehead atoms. The van der Waals surface area contributed by atoms with E-state index in [2.05, 4.69) is 5.10 Å². The van der Waals surface area contributed by atoms with Gasteiger partial charge in [0.2, 0.25) is 0 Å². The number of ether oxygens (including phenoxy) is 1. The molecule has 10 heteroatoms. The van der Waals surface area contributed by atoms with Crippen molar-refractivity contribution in [3.63, 3.8) is 0 Å². The number of hydrogen-bond donors (Lipinski definition) is 1. The summed E-state index contributed by atoms with van der Waals surface area (Å²) < 4.78 is 40.1. The zero-order valence-electron chi connectivity index (χ0n) is 16.2. The van der Waals surface area contributed by atoms with Crippen LogP contribution in [0.1, 0.15) is 21.7 Å². The smallest absolute Gasteiger partial charge is 0.296 e. The van der Waals surface area contributed by atoms with Crippen molar-refractivity contribution in [3.05, 3.63) is 64.4 Å². The summed E-state index contributed by atoms with van der Waals surface area (Å²) in [7, 11) is -3.21. The van der Waals surface area contributed by atoms with Crippen LogP contribution in [0, 0.1) is 6.92 Å². The minimum absolute atomic E-state index is 0.0638. The lowest BCUT2D eigenvalue weighted by Gasteiger charge is -2.28. The maximum atomic E-state index is 13.4. The van der Waals surface area contributed by atoms with Crippen LogP contribution >= 0.6 is 11.6 Å². The number of hydrogen-bond acceptors (Lipinski definition) is 5. The highest BCUT2D eigenvalue weighted by Gasteiger charge is 2.33. The first kappa shape index (κ1) is 20.4. The van der Waals surface area contributed by atoms with Crippen LogP contribution in [0.2, 0.25) is 5.02 Å². The Balaban J connectivity index is 1.89. The van der Waals surface area contributed by atoms with Gasteiger partial charge in [-0.3, -0.25) is 9.35 Å². The van der Waals surface area contributed by atoms with Gasteiger partial charge in [-0.1, -0.05) is 11.6 Å². The lowest BCUT2D eigenvalue weighted by molar-refractivity contribution is 0.0973. The second kappa shape index (κ2) is 7.42. The number of aromatic nitrogens is 2. The van der Waals surface area contributed by atoms with E-state index in [0.29, 0.717) is 29.4 Å². The van der Waals surface area contributed by atoms with Gasteiger partial charge < -0.3 is 9.64 Å². The Morgan fingerprint density at radius 3 is 2.50 bits per heavy atom. The summed E-state index contributed by atoms with van der Waals surface area (Å²) in [4.78, 5) is 14.6. The zero-order valence-corrected chi connectivity index (χ0v) is 17.7. The number of carbonyl (C=O) groups is 1. The van der Waals surface area contributed by atoms with E-state index in [1.165, 1.54) is 30.0 Å². The number of halogens is 1. The highest BCUT2D eigenvalue weighted by Crippen LogP contribution is 2.32. The summed E-state index contributed by atoms with van der Waals surface area (Å²) >= 11 is 5.95. The van der Waals surface area contributed by atoms with Crippen molar-refractivity contribution >= 4 is 33.3 Å². The van der Waals surface area contributed by atoms with Gasteiger partial charge in [-0.25, -0.2) is 4.68 Å². The van der Waals surface area contributed by atoms with E-state index in [9.17, 15) is 17.8 Å². The molecule has 1 amide bonds. The standard InChI is InChI=1S/C20H18ClN3O5S/c1-12-16-9-10-23(14-5-3-13(21)4-6-14)20(25)19(16)24(22-12)17-8-7-15(29-2)11-18(17)30(26,27)28/h3-8,11H,9-10H2,1-2H3,(H,26,27,28). The molecule has 0 aliphatic carbocycles. The van der Waals surface area contributed by atoms with Crippen LogP contribution in [0.15, 0.2) is 47.4 Å². The van der Waals surface area contributed by atoms with Gasteiger partial charge in [0.25, 0.3) is 16.0 Å². The van der Waals surface area contributed by atoms with Crippen LogP contribution in [-0.2, 0) is 16.5 Å². The van der Waals surface area contributed by atoms with E-state index in [4.69, 9.17) is 16.3 Å². The van der Waals surface area contributed by atoms with Gasteiger partial charge in [0.15, 0.2) is 0 Å². The molecule has 1 N–H and O–H groups in total. The molecule has 2 heterocycles. The van der Waals surface area contributed by atoms with Crippen molar-refractivity contribution in [2.45, 2.75) is 18.2 Å². The van der Waals surface area contributed by atoms with Gasteiger partial charge in [0.05, 0.1) is 18.5 Å². The molecule has 0 saturated heterocycles. The number of aryl methyl sites for hydroxylation is 1. The third kappa shape index (κ3) is 3.45. The minimum Gasteiger partial charge on any atom is -0.497 e. The zero-order chi connectivity index (χ0) is 21.6. The van der Waals surface area contributed by atoms with E-state index < -0.39 is 15.0 Å². The van der Waals surface area contributed by atoms with E-state index in [-0.39, 0.29) is 23.0 Å². The first-order valence-corrected chi connectivity index (χ1v) is 10.8. The molecule has 8 nitrogen and oxygen atoms in total. The van der Waals surface area contributed by atoms with Crippen LogP contribution in [0.5, 0.6) is 5.75 Å². The monoisotopic (exact) mass is 447 g/mol. The molecule has 0 unspecified atom stereocenters. The quantitative estimate of drug-likeness (QED) is 0.616. The first-order chi connectivity index (χ1) is 14.2. The number of nitrogens with zero attached hydrogens (tertiary/aromatic N) is 3. The van der Waals surface area contributed by atoms with Gasteiger partial charge in [-0.05, 0) is 49.7 Å². The molecule has 1 aliphatic heterocycles. The fraction of sp³-hybridized carbons (Fsp3) is 0.200. The van der Waals surface area contributed by atoms with Crippen molar-refractivity contribution in [2.24, 2.45) is 0 Å². The predicted molar refractivity (Wildman–Crippen MR) is 112 cm³/mol. The highest BCUT2D eigenvalue weighted by atomic mass is 35.5. The second-order valence-electron chi connectivity index (χ2n) is 6.82. The summed E-state index contributed by atoms with van der Waals surface area (Å²) in [6, 6.07) is 11.1. The number of anilines is 1. The van der Waals surface area contributed by atoms with Crippen LogP contribution in [0.25, 0.3) is 5.69 Å². The molecular weight excluding hydrogens is 430 g/mol. The van der Waals surface area contributed by atoms with Crippen molar-refractivity contribution < 1.29 is 22.5 Å². The Hall–Kier alpha value is -2.88. The Morgan fingerprint density at radius 1 is 1.17 bits per heavy atom. The van der Waals surface area contributed by atoms with Crippen molar-refractivity contribution in [1.82, 2.24) is 9.78 Å². The minimum atomic E-state index is -4.60. The Labute approximate surface area is 178 Å². The maximum Gasteiger partial charge on any atom is 0.296 e. The molecule has 1 aliphatic rings. The van der Waals surface area contributed by atoms with Gasteiger partial charge in [0, 0.05) is 28.9 Å². The number of carbonyl (C=O) groups excluding carboxylic acids is 1. The molecule has 30 heavy (non-hydrogen) atoms. The Bertz CT molecular complexity index is 1250. The molecule has 3 aromatic rings. The van der Waals surface area contributed by atoms with Gasteiger partial charge in [-0.15, -0.1) is 0 Å². The normalized spacial score (nSPS) is 14.0. The van der Waals surface area contributed by atoms with Gasteiger partial charge in [-0.2, -0.15) is 13.5 Å². The van der Waals surface area contributed by atoms with Crippen molar-refractivity contribution in [2.75, 3.05) is 18.6 Å². The molecular formula is C20H18ClN3O5S. The lowest BCUT2D eigenvalue weighted by atomic mass is 10.0. The fourth-order valence-corrected chi connectivity index (χ4v) is 4.39. The lowest BCUT2D eigenvalue weighted by Crippen LogP contribution is -2.38. The predicted octanol–water partition coefficient (Wildman–Crippen LogP) is 3.29. The molecule has 0 radical (unpaired) electrons. The summed E-state index contributed by atoms with van der Waals surface area (Å²) in [6.45, 7) is 2.21. The molecule has 0 spiro atoms. The summed E-state index contributed by atoms with van der Waals surface area (Å²) in [5, 5.41) is 4.97. The average Bonchev–Trinajstić information content (AvgIpc) is 3.05. The highest BCUT2D eigenvalue weighted by molar-refractivity contribution is 7.86. The SMILES string of the molecule is COc1ccc(-n2nc(C)c3c2C(=O)N(c2ccc(Cl)cc2)CC3)c(S(=O)(=O)O)c1. The number of rotatable bonds is 4. The first-order valence-electron chi connectivity index (χ1n) is 9.02. The summed E-state index contributed by atoms with van der Waals surface area (Å²) in [6.07, 6.45) is 0.549.